The minimum atomic E-state index is -5.11. The summed E-state index contributed by atoms with van der Waals surface area (Å²) in [6.07, 6.45) is -9.01. The van der Waals surface area contributed by atoms with E-state index in [0.717, 1.165) is 0 Å². The van der Waals surface area contributed by atoms with Gasteiger partial charge in [-0.25, -0.2) is 0 Å². The zero-order chi connectivity index (χ0) is 18.8. The molecule has 0 aromatic heterocycles. The largest absolute Gasteiger partial charge is 0.417 e. The number of carbonyl (C=O) groups is 2. The zero-order valence-electron chi connectivity index (χ0n) is 12.8. The summed E-state index contributed by atoms with van der Waals surface area (Å²) in [5.74, 6) is -1.26. The molecule has 0 spiro atoms. The average molecular weight is 368 g/mol. The monoisotopic (exact) mass is 368 g/mol. The van der Waals surface area contributed by atoms with E-state index in [1.54, 1.807) is 0 Å². The first-order chi connectivity index (χ1) is 11.5. The predicted octanol–water partition coefficient (Wildman–Crippen LogP) is 3.08. The summed E-state index contributed by atoms with van der Waals surface area (Å²) < 4.78 is 76.8. The summed E-state index contributed by atoms with van der Waals surface area (Å²) in [7, 11) is 0. The van der Waals surface area contributed by atoms with Crippen LogP contribution in [0.25, 0.3) is 0 Å². The minimum absolute atomic E-state index is 0.0844. The van der Waals surface area contributed by atoms with Gasteiger partial charge in [-0.3, -0.25) is 9.59 Å². The summed E-state index contributed by atoms with van der Waals surface area (Å²) in [4.78, 5) is 24.8. The second-order valence-electron chi connectivity index (χ2n) is 5.50. The Labute approximate surface area is 138 Å². The van der Waals surface area contributed by atoms with Crippen LogP contribution in [0.1, 0.15) is 34.3 Å². The number of hydrogen-bond acceptors (Lipinski definition) is 2. The first kappa shape index (κ1) is 19.1. The van der Waals surface area contributed by atoms with Crippen LogP contribution in [0, 0.1) is 0 Å². The number of rotatable bonds is 4. The van der Waals surface area contributed by atoms with E-state index in [1.807, 2.05) is 0 Å². The molecule has 2 rings (SSSR count). The SMILES string of the molecule is O=C(NCCN1CCCC1=O)c1ccc(C(F)(F)F)cc1C(F)(F)F. The highest BCUT2D eigenvalue weighted by Crippen LogP contribution is 2.37. The Bertz CT molecular complexity index is 669. The maximum atomic E-state index is 13.0. The van der Waals surface area contributed by atoms with Crippen molar-refractivity contribution >= 4 is 11.8 Å². The maximum Gasteiger partial charge on any atom is 0.417 e. The van der Waals surface area contributed by atoms with Crippen LogP contribution < -0.4 is 5.32 Å². The highest BCUT2D eigenvalue weighted by Gasteiger charge is 2.39. The molecule has 10 heteroatoms. The summed E-state index contributed by atoms with van der Waals surface area (Å²) >= 11 is 0. The van der Waals surface area contributed by atoms with Gasteiger partial charge in [0.25, 0.3) is 5.91 Å². The lowest BCUT2D eigenvalue weighted by Crippen LogP contribution is -2.36. The Morgan fingerprint density at radius 3 is 2.32 bits per heavy atom. The number of nitrogens with one attached hydrogen (secondary N) is 1. The van der Waals surface area contributed by atoms with Crippen molar-refractivity contribution in [3.05, 3.63) is 34.9 Å². The van der Waals surface area contributed by atoms with Gasteiger partial charge in [0, 0.05) is 26.1 Å². The highest BCUT2D eigenvalue weighted by molar-refractivity contribution is 5.96. The Balaban J connectivity index is 2.13. The zero-order valence-corrected chi connectivity index (χ0v) is 12.8. The van der Waals surface area contributed by atoms with Crippen LogP contribution in [0.4, 0.5) is 26.3 Å². The van der Waals surface area contributed by atoms with Gasteiger partial charge < -0.3 is 10.2 Å². The van der Waals surface area contributed by atoms with Gasteiger partial charge in [0.2, 0.25) is 5.91 Å². The van der Waals surface area contributed by atoms with Crippen LogP contribution >= 0.6 is 0 Å². The van der Waals surface area contributed by atoms with Crippen LogP contribution in [0.15, 0.2) is 18.2 Å². The van der Waals surface area contributed by atoms with E-state index < -0.39 is 35.0 Å². The van der Waals surface area contributed by atoms with Gasteiger partial charge in [0.1, 0.15) is 0 Å². The number of nitrogens with zero attached hydrogens (tertiary/aromatic N) is 1. The molecule has 1 aliphatic heterocycles. The van der Waals surface area contributed by atoms with Crippen molar-refractivity contribution in [3.8, 4) is 0 Å². The van der Waals surface area contributed by atoms with Crippen molar-refractivity contribution in [2.24, 2.45) is 0 Å². The summed E-state index contributed by atoms with van der Waals surface area (Å²) in [5.41, 5.74) is -4.04. The van der Waals surface area contributed by atoms with Crippen LogP contribution in [0.3, 0.4) is 0 Å². The van der Waals surface area contributed by atoms with Gasteiger partial charge in [-0.1, -0.05) is 0 Å². The normalized spacial score (nSPS) is 15.6. The highest BCUT2D eigenvalue weighted by atomic mass is 19.4. The van der Waals surface area contributed by atoms with Gasteiger partial charge >= 0.3 is 12.4 Å². The molecule has 1 aliphatic rings. The topological polar surface area (TPSA) is 49.4 Å². The second-order valence-corrected chi connectivity index (χ2v) is 5.50. The van der Waals surface area contributed by atoms with E-state index in [4.69, 9.17) is 0 Å². The molecule has 0 aliphatic carbocycles. The third kappa shape index (κ3) is 4.64. The third-order valence-electron chi connectivity index (χ3n) is 3.74. The van der Waals surface area contributed by atoms with Gasteiger partial charge in [-0.05, 0) is 24.6 Å². The lowest BCUT2D eigenvalue weighted by molar-refractivity contribution is -0.143. The number of hydrogen-bond donors (Lipinski definition) is 1. The molecule has 0 saturated carbocycles. The fraction of sp³-hybridized carbons (Fsp3) is 0.467. The Kier molecular flexibility index (Phi) is 5.28. The maximum absolute atomic E-state index is 13.0. The number of amides is 2. The number of likely N-dealkylation sites (tertiary alicyclic amines) is 1. The van der Waals surface area contributed by atoms with E-state index in [0.29, 0.717) is 31.5 Å². The summed E-state index contributed by atoms with van der Waals surface area (Å²) in [6.45, 7) is 0.540. The molecular weight excluding hydrogens is 354 g/mol. The van der Waals surface area contributed by atoms with Crippen molar-refractivity contribution in [2.75, 3.05) is 19.6 Å². The van der Waals surface area contributed by atoms with E-state index in [9.17, 15) is 35.9 Å². The van der Waals surface area contributed by atoms with Crippen LogP contribution in [-0.4, -0.2) is 36.3 Å². The summed E-state index contributed by atoms with van der Waals surface area (Å²) in [6, 6.07) is 0.842. The van der Waals surface area contributed by atoms with E-state index >= 15 is 0 Å². The third-order valence-corrected chi connectivity index (χ3v) is 3.74. The van der Waals surface area contributed by atoms with Gasteiger partial charge in [-0.2, -0.15) is 26.3 Å². The average Bonchev–Trinajstić information content (AvgIpc) is 2.90. The van der Waals surface area contributed by atoms with Gasteiger partial charge in [-0.15, -0.1) is 0 Å². The van der Waals surface area contributed by atoms with E-state index in [-0.39, 0.29) is 25.1 Å². The number of halogens is 6. The van der Waals surface area contributed by atoms with E-state index in [2.05, 4.69) is 5.32 Å². The minimum Gasteiger partial charge on any atom is -0.350 e. The van der Waals surface area contributed by atoms with Crippen molar-refractivity contribution in [1.29, 1.82) is 0 Å². The first-order valence-corrected chi connectivity index (χ1v) is 7.34. The smallest absolute Gasteiger partial charge is 0.350 e. The van der Waals surface area contributed by atoms with Crippen molar-refractivity contribution in [1.82, 2.24) is 10.2 Å². The molecule has 1 N–H and O–H groups in total. The second kappa shape index (κ2) is 6.93. The standard InChI is InChI=1S/C15H14F6N2O2/c16-14(17,18)9-3-4-10(11(8-9)15(19,20)21)13(25)22-5-7-23-6-1-2-12(23)24/h3-4,8H,1-2,5-7H2,(H,22,25). The molecule has 0 atom stereocenters. The van der Waals surface area contributed by atoms with Crippen LogP contribution in [0.2, 0.25) is 0 Å². The molecule has 0 radical (unpaired) electrons. The Morgan fingerprint density at radius 1 is 1.12 bits per heavy atom. The molecule has 1 saturated heterocycles. The molecular formula is C15H14F6N2O2. The molecule has 25 heavy (non-hydrogen) atoms. The molecule has 138 valence electrons. The van der Waals surface area contributed by atoms with Gasteiger partial charge in [0.05, 0.1) is 16.7 Å². The van der Waals surface area contributed by atoms with Crippen LogP contribution in [0.5, 0.6) is 0 Å². The Hall–Kier alpha value is -2.26. The fourth-order valence-electron chi connectivity index (χ4n) is 2.49. The molecule has 1 aromatic carbocycles. The van der Waals surface area contributed by atoms with E-state index in [1.165, 1.54) is 4.90 Å². The number of benzene rings is 1. The van der Waals surface area contributed by atoms with Crippen LogP contribution in [-0.2, 0) is 17.1 Å². The molecule has 0 bridgehead atoms. The molecule has 4 nitrogen and oxygen atoms in total. The molecule has 1 heterocycles. The number of alkyl halides is 6. The van der Waals surface area contributed by atoms with Crippen molar-refractivity contribution < 1.29 is 35.9 Å². The number of carbonyl (C=O) groups excluding carboxylic acids is 2. The molecule has 1 aromatic rings. The van der Waals surface area contributed by atoms with Gasteiger partial charge in [0.15, 0.2) is 0 Å². The summed E-state index contributed by atoms with van der Waals surface area (Å²) in [5, 5.41) is 2.20. The van der Waals surface area contributed by atoms with Crippen molar-refractivity contribution in [3.63, 3.8) is 0 Å². The first-order valence-electron chi connectivity index (χ1n) is 7.34. The quantitative estimate of drug-likeness (QED) is 0.831. The Morgan fingerprint density at radius 2 is 1.80 bits per heavy atom. The lowest BCUT2D eigenvalue weighted by atomic mass is 10.0. The predicted molar refractivity (Wildman–Crippen MR) is 74.6 cm³/mol. The molecule has 2 amide bonds. The fourth-order valence-corrected chi connectivity index (χ4v) is 2.49. The molecule has 0 unspecified atom stereocenters. The lowest BCUT2D eigenvalue weighted by Gasteiger charge is -2.18. The van der Waals surface area contributed by atoms with Crippen molar-refractivity contribution in [2.45, 2.75) is 25.2 Å². The molecule has 1 fully saturated rings.